The number of carbonyl (C=O) groups excluding carboxylic acids is 1. The zero-order valence-corrected chi connectivity index (χ0v) is 15.3. The van der Waals surface area contributed by atoms with E-state index in [-0.39, 0.29) is 11.8 Å². The molecule has 2 N–H and O–H groups in total. The van der Waals surface area contributed by atoms with Gasteiger partial charge in [-0.2, -0.15) is 0 Å². The topological polar surface area (TPSA) is 62.2 Å². The lowest BCUT2D eigenvalue weighted by molar-refractivity contribution is -0.120. The fourth-order valence-corrected chi connectivity index (χ4v) is 3.47. The number of benzene rings is 1. The van der Waals surface area contributed by atoms with E-state index in [9.17, 15) is 4.79 Å². The van der Waals surface area contributed by atoms with Crippen LogP contribution in [0.2, 0.25) is 0 Å². The molecule has 1 aromatic heterocycles. The van der Waals surface area contributed by atoms with Crippen LogP contribution in [-0.2, 0) is 11.3 Å². The van der Waals surface area contributed by atoms with Crippen molar-refractivity contribution >= 4 is 22.9 Å². The van der Waals surface area contributed by atoms with Crippen LogP contribution in [0.3, 0.4) is 0 Å². The molecule has 1 fully saturated rings. The van der Waals surface area contributed by atoms with Gasteiger partial charge in [0.15, 0.2) is 0 Å². The van der Waals surface area contributed by atoms with E-state index in [4.69, 9.17) is 0 Å². The summed E-state index contributed by atoms with van der Waals surface area (Å²) in [5, 5.41) is 6.39. The molecule has 3 rings (SSSR count). The predicted octanol–water partition coefficient (Wildman–Crippen LogP) is 2.32. The molecule has 1 unspecified atom stereocenters. The Hall–Kier alpha value is -1.92. The van der Waals surface area contributed by atoms with Gasteiger partial charge in [-0.1, -0.05) is 26.0 Å². The number of para-hydroxylation sites is 2. The number of anilines is 1. The van der Waals surface area contributed by atoms with Gasteiger partial charge in [-0.05, 0) is 44.6 Å². The van der Waals surface area contributed by atoms with E-state index in [1.165, 1.54) is 0 Å². The van der Waals surface area contributed by atoms with Gasteiger partial charge in [-0.3, -0.25) is 10.1 Å². The molecular weight excluding hydrogens is 314 g/mol. The lowest BCUT2D eigenvalue weighted by Gasteiger charge is -2.22. The van der Waals surface area contributed by atoms with Crippen LogP contribution < -0.4 is 10.6 Å². The fourth-order valence-electron chi connectivity index (χ4n) is 3.47. The third kappa shape index (κ3) is 4.19. The zero-order chi connectivity index (χ0) is 17.6. The molecule has 0 aliphatic carbocycles. The number of carbonyl (C=O) groups is 1. The minimum Gasteiger partial charge on any atom is -0.316 e. The molecule has 2 heterocycles. The Morgan fingerprint density at radius 2 is 2.16 bits per heavy atom. The first-order valence-corrected chi connectivity index (χ1v) is 9.42. The summed E-state index contributed by atoms with van der Waals surface area (Å²) in [6, 6.07) is 8.08. The number of rotatable bonds is 7. The lowest BCUT2D eigenvalue weighted by Crippen LogP contribution is -2.37. The molecule has 1 aliphatic rings. The molecule has 1 aliphatic heterocycles. The van der Waals surface area contributed by atoms with Crippen molar-refractivity contribution in [3.63, 3.8) is 0 Å². The molecule has 2 aromatic rings. The summed E-state index contributed by atoms with van der Waals surface area (Å²) in [4.78, 5) is 19.7. The van der Waals surface area contributed by atoms with Gasteiger partial charge >= 0.3 is 0 Å². The van der Waals surface area contributed by atoms with E-state index in [1.54, 1.807) is 0 Å². The minimum atomic E-state index is 0.0322. The summed E-state index contributed by atoms with van der Waals surface area (Å²) in [5.74, 6) is 0.778. The normalized spacial score (nSPS) is 18.0. The summed E-state index contributed by atoms with van der Waals surface area (Å²) < 4.78 is 2.14. The van der Waals surface area contributed by atoms with E-state index in [0.29, 0.717) is 5.95 Å². The molecule has 136 valence electrons. The standard InChI is InChI=1S/C19H29N5O/c1-3-23(4-2)12-13-24-17-10-6-5-9-16(17)21-19(24)22-18(25)15-8-7-11-20-14-15/h5-6,9-10,15,20H,3-4,7-8,11-14H2,1-2H3,(H,21,22,25). The molecule has 1 aromatic carbocycles. The monoisotopic (exact) mass is 343 g/mol. The lowest BCUT2D eigenvalue weighted by atomic mass is 9.99. The number of likely N-dealkylation sites (N-methyl/N-ethyl adjacent to an activating group) is 1. The Balaban J connectivity index is 1.80. The first-order chi connectivity index (χ1) is 12.2. The van der Waals surface area contributed by atoms with E-state index >= 15 is 0 Å². The predicted molar refractivity (Wildman–Crippen MR) is 102 cm³/mol. The van der Waals surface area contributed by atoms with Crippen LogP contribution >= 0.6 is 0 Å². The third-order valence-electron chi connectivity index (χ3n) is 5.09. The molecule has 0 spiro atoms. The van der Waals surface area contributed by atoms with Gasteiger partial charge in [0, 0.05) is 19.6 Å². The highest BCUT2D eigenvalue weighted by Crippen LogP contribution is 2.21. The van der Waals surface area contributed by atoms with Crippen LogP contribution in [0.1, 0.15) is 26.7 Å². The molecule has 25 heavy (non-hydrogen) atoms. The van der Waals surface area contributed by atoms with Gasteiger partial charge in [-0.15, -0.1) is 0 Å². The average Bonchev–Trinajstić information content (AvgIpc) is 3.00. The second-order valence-corrected chi connectivity index (χ2v) is 6.64. The highest BCUT2D eigenvalue weighted by atomic mass is 16.2. The maximum Gasteiger partial charge on any atom is 0.231 e. The first kappa shape index (κ1) is 17.9. The Bertz CT molecular complexity index is 701. The van der Waals surface area contributed by atoms with E-state index in [0.717, 1.165) is 63.1 Å². The van der Waals surface area contributed by atoms with Gasteiger partial charge in [0.1, 0.15) is 0 Å². The molecule has 6 nitrogen and oxygen atoms in total. The Morgan fingerprint density at radius 1 is 1.36 bits per heavy atom. The van der Waals surface area contributed by atoms with Crippen LogP contribution in [-0.4, -0.2) is 53.1 Å². The Labute approximate surface area is 149 Å². The summed E-state index contributed by atoms with van der Waals surface area (Å²) >= 11 is 0. The summed E-state index contributed by atoms with van der Waals surface area (Å²) in [6.07, 6.45) is 2.00. The average molecular weight is 343 g/mol. The summed E-state index contributed by atoms with van der Waals surface area (Å²) in [5.41, 5.74) is 2.01. The van der Waals surface area contributed by atoms with Gasteiger partial charge in [0.05, 0.1) is 17.0 Å². The van der Waals surface area contributed by atoms with Crippen LogP contribution in [0.4, 0.5) is 5.95 Å². The smallest absolute Gasteiger partial charge is 0.231 e. The van der Waals surface area contributed by atoms with Crippen molar-refractivity contribution in [1.82, 2.24) is 19.8 Å². The molecule has 0 bridgehead atoms. The molecule has 0 saturated carbocycles. The molecular formula is C19H29N5O. The van der Waals surface area contributed by atoms with Crippen LogP contribution in [0, 0.1) is 5.92 Å². The maximum atomic E-state index is 12.6. The number of hydrogen-bond acceptors (Lipinski definition) is 4. The van der Waals surface area contributed by atoms with Crippen molar-refractivity contribution in [2.24, 2.45) is 5.92 Å². The van der Waals surface area contributed by atoms with Crippen LogP contribution in [0.25, 0.3) is 11.0 Å². The first-order valence-electron chi connectivity index (χ1n) is 9.42. The largest absolute Gasteiger partial charge is 0.316 e. The van der Waals surface area contributed by atoms with Gasteiger partial charge in [-0.25, -0.2) is 4.98 Å². The SMILES string of the molecule is CCN(CC)CCn1c(NC(=O)C2CCCNC2)nc2ccccc21. The van der Waals surface area contributed by atoms with Crippen molar-refractivity contribution in [3.05, 3.63) is 24.3 Å². The van der Waals surface area contributed by atoms with E-state index < -0.39 is 0 Å². The molecule has 6 heteroatoms. The number of nitrogens with zero attached hydrogens (tertiary/aromatic N) is 3. The van der Waals surface area contributed by atoms with Crippen molar-refractivity contribution in [1.29, 1.82) is 0 Å². The van der Waals surface area contributed by atoms with Crippen LogP contribution in [0.15, 0.2) is 24.3 Å². The maximum absolute atomic E-state index is 12.6. The second kappa shape index (κ2) is 8.45. The third-order valence-corrected chi connectivity index (χ3v) is 5.09. The van der Waals surface area contributed by atoms with E-state index in [2.05, 4.69) is 45.0 Å². The number of imidazole rings is 1. The van der Waals surface area contributed by atoms with Crippen molar-refractivity contribution in [2.45, 2.75) is 33.2 Å². The number of aromatic nitrogens is 2. The van der Waals surface area contributed by atoms with Crippen molar-refractivity contribution in [3.8, 4) is 0 Å². The molecule has 0 radical (unpaired) electrons. The van der Waals surface area contributed by atoms with Crippen molar-refractivity contribution in [2.75, 3.05) is 38.0 Å². The Kier molecular flexibility index (Phi) is 6.04. The number of nitrogens with one attached hydrogen (secondary N) is 2. The number of amides is 1. The van der Waals surface area contributed by atoms with Crippen molar-refractivity contribution < 1.29 is 4.79 Å². The Morgan fingerprint density at radius 3 is 2.88 bits per heavy atom. The second-order valence-electron chi connectivity index (χ2n) is 6.64. The molecule has 1 atom stereocenters. The van der Waals surface area contributed by atoms with Gasteiger partial charge in [0.2, 0.25) is 11.9 Å². The number of fused-ring (bicyclic) bond motifs is 1. The van der Waals surface area contributed by atoms with Gasteiger partial charge < -0.3 is 14.8 Å². The molecule has 1 saturated heterocycles. The minimum absolute atomic E-state index is 0.0322. The summed E-state index contributed by atoms with van der Waals surface area (Å²) in [7, 11) is 0. The van der Waals surface area contributed by atoms with Crippen LogP contribution in [0.5, 0.6) is 0 Å². The summed E-state index contributed by atoms with van der Waals surface area (Å²) in [6.45, 7) is 9.93. The van der Waals surface area contributed by atoms with E-state index in [1.807, 2.05) is 18.2 Å². The zero-order valence-electron chi connectivity index (χ0n) is 15.3. The fraction of sp³-hybridized carbons (Fsp3) is 0.579. The highest BCUT2D eigenvalue weighted by Gasteiger charge is 2.23. The molecule has 1 amide bonds. The highest BCUT2D eigenvalue weighted by molar-refractivity contribution is 5.93. The number of piperidine rings is 1. The quantitative estimate of drug-likeness (QED) is 0.810. The number of hydrogen-bond donors (Lipinski definition) is 2. The van der Waals surface area contributed by atoms with Gasteiger partial charge in [0.25, 0.3) is 0 Å².